The molecule has 2 spiro atoms. The maximum absolute atomic E-state index is 15.0. The molecule has 1 aliphatic heterocycles. The monoisotopic (exact) mass is 576 g/mol. The van der Waals surface area contributed by atoms with Gasteiger partial charge in [-0.25, -0.2) is 0 Å². The molecule has 0 radical (unpaired) electrons. The van der Waals surface area contributed by atoms with E-state index in [2.05, 4.69) is 77.2 Å². The minimum absolute atomic E-state index is 0.0271. The Hall–Kier alpha value is -0.754. The second kappa shape index (κ2) is 8.89. The Balaban J connectivity index is 1.69. The molecule has 0 N–H and O–H groups in total. The van der Waals surface area contributed by atoms with Crippen LogP contribution in [0.3, 0.4) is 0 Å². The van der Waals surface area contributed by atoms with Gasteiger partial charge in [0.2, 0.25) is 0 Å². The van der Waals surface area contributed by atoms with Gasteiger partial charge in [0.05, 0.1) is 0 Å². The average Bonchev–Trinajstić information content (AvgIpc) is 3.10. The van der Waals surface area contributed by atoms with Crippen molar-refractivity contribution in [2.75, 3.05) is 0 Å². The second-order valence-corrected chi connectivity index (χ2v) is 20.9. The van der Waals surface area contributed by atoms with Crippen molar-refractivity contribution in [1.29, 1.82) is 0 Å². The van der Waals surface area contributed by atoms with Crippen LogP contribution in [0.4, 0.5) is 0 Å². The van der Waals surface area contributed by atoms with Gasteiger partial charge in [-0.3, -0.25) is 0 Å². The summed E-state index contributed by atoms with van der Waals surface area (Å²) < 4.78 is 22.3. The third-order valence-corrected chi connectivity index (χ3v) is 16.6. The quantitative estimate of drug-likeness (QED) is 0.317. The summed E-state index contributed by atoms with van der Waals surface area (Å²) >= 11 is 0.0271. The first-order valence-corrected chi connectivity index (χ1v) is 18.5. The number of fused-ring (bicyclic) bond motifs is 1. The van der Waals surface area contributed by atoms with E-state index >= 15 is 0 Å². The Kier molecular flexibility index (Phi) is 6.63. The summed E-state index contributed by atoms with van der Waals surface area (Å²) in [6, 6.07) is 10.6. The van der Waals surface area contributed by atoms with Crippen LogP contribution in [-0.2, 0) is 18.7 Å². The third-order valence-electron chi connectivity index (χ3n) is 9.54. The second-order valence-electron chi connectivity index (χ2n) is 13.5. The molecule has 3 fully saturated rings. The van der Waals surface area contributed by atoms with Crippen molar-refractivity contribution in [1.82, 2.24) is 0 Å². The normalized spacial score (nSPS) is 38.1. The zero-order valence-corrected chi connectivity index (χ0v) is 26.1. The van der Waals surface area contributed by atoms with Gasteiger partial charge in [0, 0.05) is 0 Å². The van der Waals surface area contributed by atoms with Crippen molar-refractivity contribution in [3.63, 3.8) is 0 Å². The van der Waals surface area contributed by atoms with E-state index in [0.717, 1.165) is 31.3 Å². The van der Waals surface area contributed by atoms with Crippen LogP contribution in [0.25, 0.3) is 0 Å². The molecular weight excluding hydrogens is 531 g/mol. The maximum atomic E-state index is 15.0. The molecule has 3 unspecified atom stereocenters. The molecule has 0 aromatic heterocycles. The molecule has 4 aliphatic rings. The molecule has 1 aromatic rings. The topological polar surface area (TPSA) is 44.8 Å². The van der Waals surface area contributed by atoms with E-state index in [1.807, 2.05) is 13.8 Å². The fourth-order valence-electron chi connectivity index (χ4n) is 7.00. The number of Topliss-reactive ketones (excluding diaryl/α,β-unsaturated/α-hetero) is 1. The van der Waals surface area contributed by atoms with Gasteiger partial charge in [-0.2, -0.15) is 0 Å². The number of rotatable bonds is 4. The summed E-state index contributed by atoms with van der Waals surface area (Å²) in [4.78, 5) is 14.9. The Labute approximate surface area is 225 Å². The van der Waals surface area contributed by atoms with Gasteiger partial charge in [0.25, 0.3) is 0 Å². The standard InChI is InChI=1S/C30H44O4SeSi/c1-20-19-29-17-13-12-14-21(26(29)33-36(7,8)27(2,3)4)18-23(35-22-15-10-9-11-16-22)24(31)30(29)25(20)32-28(5,6)34-30/h9-11,15-16,19,21,23,25-26H,12-14,17-18H2,1-8H3/t21?,23-,25-,26?,29?,30-/m0/s1. The SMILES string of the molecule is CC1=CC23CCCCC(C[C@H]([Se]c4ccccc4)C(=O)[C@@]24OC(C)(C)O[C@@H]14)C3O[Si](C)(C)C(C)(C)C. The van der Waals surface area contributed by atoms with Crippen LogP contribution in [0.2, 0.25) is 22.9 Å². The molecule has 2 bridgehead atoms. The van der Waals surface area contributed by atoms with Crippen molar-refractivity contribution in [3.05, 3.63) is 42.0 Å². The zero-order valence-electron chi connectivity index (χ0n) is 23.4. The molecule has 4 nitrogen and oxygen atoms in total. The molecule has 36 heavy (non-hydrogen) atoms. The molecule has 6 atom stereocenters. The van der Waals surface area contributed by atoms with Crippen molar-refractivity contribution in [3.8, 4) is 0 Å². The van der Waals surface area contributed by atoms with Gasteiger partial charge >= 0.3 is 226 Å². The number of ketones is 1. The number of carbonyl (C=O) groups is 1. The van der Waals surface area contributed by atoms with E-state index in [9.17, 15) is 4.79 Å². The first-order chi connectivity index (χ1) is 16.7. The summed E-state index contributed by atoms with van der Waals surface area (Å²) in [5, 5.41) is 0.0900. The number of carbonyl (C=O) groups excluding carboxylic acids is 1. The molecule has 1 aromatic carbocycles. The Morgan fingerprint density at radius 3 is 2.47 bits per heavy atom. The zero-order chi connectivity index (χ0) is 26.1. The van der Waals surface area contributed by atoms with Gasteiger partial charge in [0.15, 0.2) is 0 Å². The average molecular weight is 576 g/mol. The minimum atomic E-state index is -2.12. The first kappa shape index (κ1) is 26.8. The van der Waals surface area contributed by atoms with E-state index in [4.69, 9.17) is 13.9 Å². The molecule has 3 aliphatic carbocycles. The molecular formula is C30H44O4SeSi. The Bertz CT molecular complexity index is 1040. The molecule has 198 valence electrons. The van der Waals surface area contributed by atoms with Crippen LogP contribution < -0.4 is 4.46 Å². The van der Waals surface area contributed by atoms with Crippen LogP contribution in [0.15, 0.2) is 42.0 Å². The van der Waals surface area contributed by atoms with Crippen molar-refractivity contribution < 1.29 is 18.7 Å². The Morgan fingerprint density at radius 2 is 1.81 bits per heavy atom. The van der Waals surface area contributed by atoms with E-state index in [-0.39, 0.29) is 42.8 Å². The van der Waals surface area contributed by atoms with Gasteiger partial charge in [0.1, 0.15) is 0 Å². The van der Waals surface area contributed by atoms with Crippen molar-refractivity contribution in [2.24, 2.45) is 11.3 Å². The van der Waals surface area contributed by atoms with Crippen molar-refractivity contribution in [2.45, 2.75) is 120 Å². The number of hydrogen-bond acceptors (Lipinski definition) is 4. The predicted molar refractivity (Wildman–Crippen MR) is 148 cm³/mol. The van der Waals surface area contributed by atoms with Gasteiger partial charge in [-0.05, 0) is 0 Å². The fourth-order valence-corrected chi connectivity index (χ4v) is 11.0. The predicted octanol–water partition coefficient (Wildman–Crippen LogP) is 6.19. The summed E-state index contributed by atoms with van der Waals surface area (Å²) in [7, 11) is -2.12. The van der Waals surface area contributed by atoms with Crippen molar-refractivity contribution >= 4 is 33.5 Å². The summed E-state index contributed by atoms with van der Waals surface area (Å²) in [5.41, 5.74) is -0.343. The molecule has 1 heterocycles. The van der Waals surface area contributed by atoms with Crippen LogP contribution in [0, 0.1) is 11.3 Å². The molecule has 2 saturated carbocycles. The van der Waals surface area contributed by atoms with Gasteiger partial charge in [-0.15, -0.1) is 0 Å². The number of ether oxygens (including phenoxy) is 2. The first-order valence-electron chi connectivity index (χ1n) is 13.7. The molecule has 5 rings (SSSR count). The molecule has 6 heteroatoms. The van der Waals surface area contributed by atoms with E-state index in [1.165, 1.54) is 10.9 Å². The Morgan fingerprint density at radius 1 is 1.11 bits per heavy atom. The molecule has 1 saturated heterocycles. The number of benzene rings is 1. The fraction of sp³-hybridized carbons (Fsp3) is 0.700. The van der Waals surface area contributed by atoms with E-state index in [1.54, 1.807) is 0 Å². The van der Waals surface area contributed by atoms with Gasteiger partial charge < -0.3 is 0 Å². The summed E-state index contributed by atoms with van der Waals surface area (Å²) in [6.07, 6.45) is 7.23. The van der Waals surface area contributed by atoms with Crippen LogP contribution in [-0.4, -0.2) is 52.7 Å². The number of hydrogen-bond donors (Lipinski definition) is 0. The molecule has 0 amide bonds. The summed E-state index contributed by atoms with van der Waals surface area (Å²) in [6.45, 7) is 17.8. The van der Waals surface area contributed by atoms with E-state index in [0.29, 0.717) is 5.92 Å². The van der Waals surface area contributed by atoms with Crippen LogP contribution in [0.1, 0.15) is 73.6 Å². The van der Waals surface area contributed by atoms with Crippen LogP contribution >= 0.6 is 0 Å². The van der Waals surface area contributed by atoms with E-state index < -0.39 is 25.1 Å². The van der Waals surface area contributed by atoms with Gasteiger partial charge in [-0.1, -0.05) is 0 Å². The van der Waals surface area contributed by atoms with Crippen LogP contribution in [0.5, 0.6) is 0 Å². The summed E-state index contributed by atoms with van der Waals surface area (Å²) in [5.74, 6) is -0.195. The third kappa shape index (κ3) is 4.06.